The van der Waals surface area contributed by atoms with Gasteiger partial charge in [-0.2, -0.15) is 0 Å². The van der Waals surface area contributed by atoms with E-state index >= 15 is 0 Å². The molecule has 0 aliphatic carbocycles. The number of hydrogen-bond acceptors (Lipinski definition) is 5. The predicted molar refractivity (Wildman–Crippen MR) is 139 cm³/mol. The number of amides is 1. The van der Waals surface area contributed by atoms with Gasteiger partial charge in [-0.3, -0.25) is 9.10 Å². The number of carbonyl (C=O) groups excluding carboxylic acids is 1. The third-order valence-corrected chi connectivity index (χ3v) is 9.00. The molecule has 7 nitrogen and oxygen atoms in total. The number of sulfonamides is 1. The van der Waals surface area contributed by atoms with E-state index < -0.39 is 15.4 Å². The second kappa shape index (κ2) is 9.95. The number of anilines is 2. The molecule has 0 bridgehead atoms. The Hall–Kier alpha value is -3.36. The topological polar surface area (TPSA) is 84.9 Å². The van der Waals surface area contributed by atoms with Gasteiger partial charge in [-0.25, -0.2) is 8.42 Å². The van der Waals surface area contributed by atoms with Crippen molar-refractivity contribution < 1.29 is 22.7 Å². The maximum Gasteiger partial charge on any atom is 0.264 e. The number of nitrogens with one attached hydrogen (secondary N) is 1. The number of hydrogen-bond donors (Lipinski definition) is 1. The third kappa shape index (κ3) is 4.47. The van der Waals surface area contributed by atoms with Crippen LogP contribution in [0.25, 0.3) is 0 Å². The van der Waals surface area contributed by atoms with Crippen molar-refractivity contribution in [2.24, 2.45) is 0 Å². The minimum atomic E-state index is -3.66. The van der Waals surface area contributed by atoms with Crippen molar-refractivity contribution in [3.8, 4) is 5.75 Å². The number of benzene rings is 3. The molecule has 3 aromatic rings. The summed E-state index contributed by atoms with van der Waals surface area (Å²) in [7, 11) is -2.04. The van der Waals surface area contributed by atoms with E-state index in [0.29, 0.717) is 50.4 Å². The van der Waals surface area contributed by atoms with Crippen LogP contribution in [-0.4, -0.2) is 41.2 Å². The molecule has 3 aromatic carbocycles. The first-order valence-electron chi connectivity index (χ1n) is 12.2. The molecule has 1 amide bonds. The van der Waals surface area contributed by atoms with Crippen LogP contribution in [0.3, 0.4) is 0 Å². The quantitative estimate of drug-likeness (QED) is 0.531. The predicted octanol–water partition coefficient (Wildman–Crippen LogP) is 4.52. The standard InChI is InChI=1S/C28H30N2O5S/c1-34-24-12-9-22(10-13-24)28(15-18-35-19-16-28)27(31)29-23-11-14-26-21(20-23)6-5-17-30(26)36(32,33)25-7-3-2-4-8-25/h2-4,7-14,20H,5-6,15-19H2,1H3,(H,29,31). The lowest BCUT2D eigenvalue weighted by Crippen LogP contribution is -2.44. The zero-order chi connectivity index (χ0) is 25.2. The lowest BCUT2D eigenvalue weighted by Gasteiger charge is -2.36. The Morgan fingerprint density at radius 1 is 1.00 bits per heavy atom. The van der Waals surface area contributed by atoms with Crippen LogP contribution < -0.4 is 14.4 Å². The van der Waals surface area contributed by atoms with E-state index in [-0.39, 0.29) is 10.8 Å². The fraction of sp³-hybridized carbons (Fsp3) is 0.321. The van der Waals surface area contributed by atoms with Crippen LogP contribution in [0.2, 0.25) is 0 Å². The van der Waals surface area contributed by atoms with Crippen LogP contribution in [-0.2, 0) is 31.4 Å². The summed E-state index contributed by atoms with van der Waals surface area (Å²) in [5.74, 6) is 0.659. The largest absolute Gasteiger partial charge is 0.497 e. The van der Waals surface area contributed by atoms with Gasteiger partial charge in [-0.05, 0) is 79.3 Å². The van der Waals surface area contributed by atoms with E-state index in [4.69, 9.17) is 9.47 Å². The molecule has 2 heterocycles. The molecule has 0 radical (unpaired) electrons. The smallest absolute Gasteiger partial charge is 0.264 e. The van der Waals surface area contributed by atoms with Gasteiger partial charge in [0.15, 0.2) is 0 Å². The molecule has 0 spiro atoms. The van der Waals surface area contributed by atoms with Crippen molar-refractivity contribution in [2.75, 3.05) is 36.5 Å². The highest BCUT2D eigenvalue weighted by molar-refractivity contribution is 7.92. The Bertz CT molecular complexity index is 1330. The fourth-order valence-corrected chi connectivity index (χ4v) is 6.70. The second-order valence-corrected chi connectivity index (χ2v) is 11.1. The summed E-state index contributed by atoms with van der Waals surface area (Å²) in [4.78, 5) is 14.0. The average molecular weight is 507 g/mol. The van der Waals surface area contributed by atoms with E-state index in [9.17, 15) is 13.2 Å². The molecule has 0 aromatic heterocycles. The van der Waals surface area contributed by atoms with E-state index in [0.717, 1.165) is 23.3 Å². The molecule has 1 fully saturated rings. The summed E-state index contributed by atoms with van der Waals surface area (Å²) in [6, 6.07) is 21.6. The molecular weight excluding hydrogens is 476 g/mol. The Morgan fingerprint density at radius 2 is 1.72 bits per heavy atom. The molecule has 8 heteroatoms. The van der Waals surface area contributed by atoms with Crippen molar-refractivity contribution in [2.45, 2.75) is 36.0 Å². The van der Waals surface area contributed by atoms with Crippen molar-refractivity contribution in [3.05, 3.63) is 83.9 Å². The zero-order valence-corrected chi connectivity index (χ0v) is 21.1. The van der Waals surface area contributed by atoms with Crippen molar-refractivity contribution in [3.63, 3.8) is 0 Å². The van der Waals surface area contributed by atoms with Gasteiger partial charge in [0.25, 0.3) is 10.0 Å². The molecule has 2 aliphatic heterocycles. The number of aryl methyl sites for hydroxylation is 1. The first kappa shape index (κ1) is 24.3. The molecule has 1 N–H and O–H groups in total. The lowest BCUT2D eigenvalue weighted by atomic mass is 9.73. The van der Waals surface area contributed by atoms with Gasteiger partial charge in [-0.15, -0.1) is 0 Å². The number of methoxy groups -OCH3 is 1. The molecule has 36 heavy (non-hydrogen) atoms. The summed E-state index contributed by atoms with van der Waals surface area (Å²) in [5, 5.41) is 3.12. The molecule has 188 valence electrons. The summed E-state index contributed by atoms with van der Waals surface area (Å²) in [5.41, 5.74) is 2.46. The van der Waals surface area contributed by atoms with Gasteiger partial charge in [0.05, 0.1) is 23.1 Å². The highest BCUT2D eigenvalue weighted by atomic mass is 32.2. The molecule has 1 saturated heterocycles. The number of carbonyl (C=O) groups is 1. The summed E-state index contributed by atoms with van der Waals surface area (Å²) in [6.07, 6.45) is 2.62. The van der Waals surface area contributed by atoms with Gasteiger partial charge in [-0.1, -0.05) is 30.3 Å². The minimum Gasteiger partial charge on any atom is -0.497 e. The summed E-state index contributed by atoms with van der Waals surface area (Å²) < 4.78 is 38.9. The SMILES string of the molecule is COc1ccc(C2(C(=O)Nc3ccc4c(c3)CCCN4S(=O)(=O)c3ccccc3)CCOCC2)cc1. The van der Waals surface area contributed by atoms with Gasteiger partial charge in [0, 0.05) is 25.4 Å². The van der Waals surface area contributed by atoms with Crippen LogP contribution in [0.15, 0.2) is 77.7 Å². The van der Waals surface area contributed by atoms with Crippen LogP contribution in [0.4, 0.5) is 11.4 Å². The molecular formula is C28H30N2O5S. The second-order valence-electron chi connectivity index (χ2n) is 9.21. The highest BCUT2D eigenvalue weighted by Gasteiger charge is 2.42. The Balaban J connectivity index is 1.42. The first-order valence-corrected chi connectivity index (χ1v) is 13.6. The van der Waals surface area contributed by atoms with Gasteiger partial charge < -0.3 is 14.8 Å². The van der Waals surface area contributed by atoms with Crippen molar-refractivity contribution in [1.82, 2.24) is 0 Å². The number of ether oxygens (including phenoxy) is 2. The summed E-state index contributed by atoms with van der Waals surface area (Å²) >= 11 is 0. The molecule has 0 unspecified atom stereocenters. The monoisotopic (exact) mass is 506 g/mol. The van der Waals surface area contributed by atoms with Crippen LogP contribution in [0.5, 0.6) is 5.75 Å². The maximum atomic E-state index is 13.7. The molecule has 0 saturated carbocycles. The Kier molecular flexibility index (Phi) is 6.73. The van der Waals surface area contributed by atoms with Gasteiger partial charge in [0.1, 0.15) is 5.75 Å². The lowest BCUT2D eigenvalue weighted by molar-refractivity contribution is -0.125. The molecule has 2 aliphatic rings. The van der Waals surface area contributed by atoms with Crippen LogP contribution >= 0.6 is 0 Å². The minimum absolute atomic E-state index is 0.0829. The van der Waals surface area contributed by atoms with Gasteiger partial charge in [0.2, 0.25) is 5.91 Å². The van der Waals surface area contributed by atoms with Crippen LogP contribution in [0, 0.1) is 0 Å². The highest BCUT2D eigenvalue weighted by Crippen LogP contribution is 2.38. The maximum absolute atomic E-state index is 13.7. The Morgan fingerprint density at radius 3 is 2.42 bits per heavy atom. The fourth-order valence-electron chi connectivity index (χ4n) is 5.14. The number of fused-ring (bicyclic) bond motifs is 1. The van der Waals surface area contributed by atoms with E-state index in [1.54, 1.807) is 49.6 Å². The molecule has 0 atom stereocenters. The van der Waals surface area contributed by atoms with E-state index in [1.807, 2.05) is 30.3 Å². The van der Waals surface area contributed by atoms with E-state index in [2.05, 4.69) is 5.32 Å². The third-order valence-electron chi connectivity index (χ3n) is 7.17. The zero-order valence-electron chi connectivity index (χ0n) is 20.3. The van der Waals surface area contributed by atoms with Crippen molar-refractivity contribution >= 4 is 27.3 Å². The molecule has 5 rings (SSSR count). The van der Waals surface area contributed by atoms with Crippen LogP contribution in [0.1, 0.15) is 30.4 Å². The summed E-state index contributed by atoms with van der Waals surface area (Å²) in [6.45, 7) is 1.45. The van der Waals surface area contributed by atoms with Gasteiger partial charge >= 0.3 is 0 Å². The first-order chi connectivity index (χ1) is 17.4. The normalized spacial score (nSPS) is 17.2. The number of nitrogens with zero attached hydrogens (tertiary/aromatic N) is 1. The van der Waals surface area contributed by atoms with E-state index in [1.165, 1.54) is 4.31 Å². The average Bonchev–Trinajstić information content (AvgIpc) is 2.93. The van der Waals surface area contributed by atoms with Crippen molar-refractivity contribution in [1.29, 1.82) is 0 Å². The Labute approximate surface area is 212 Å². The number of rotatable bonds is 6.